The highest BCUT2D eigenvalue weighted by atomic mass is 15.4. The number of nitrogens with two attached hydrogens (primary N) is 1. The molecule has 5 heteroatoms. The Morgan fingerprint density at radius 1 is 1.29 bits per heavy atom. The quantitative estimate of drug-likeness (QED) is 0.607. The largest absolute Gasteiger partial charge is 0.382 e. The first-order valence-electron chi connectivity index (χ1n) is 12.0. The summed E-state index contributed by atoms with van der Waals surface area (Å²) in [5, 5.41) is 0. The fraction of sp³-hybridized carbons (Fsp3) is 0.692. The van der Waals surface area contributed by atoms with Crippen LogP contribution >= 0.6 is 0 Å². The van der Waals surface area contributed by atoms with Crippen LogP contribution in [0.4, 0.5) is 17.3 Å². The van der Waals surface area contributed by atoms with Crippen LogP contribution in [0, 0.1) is 22.7 Å². The average molecular weight is 424 g/mol. The van der Waals surface area contributed by atoms with Crippen LogP contribution in [0.15, 0.2) is 30.1 Å². The Morgan fingerprint density at radius 2 is 2.06 bits per heavy atom. The van der Waals surface area contributed by atoms with Gasteiger partial charge in [-0.05, 0) is 68.1 Å². The zero-order valence-electron chi connectivity index (χ0n) is 20.2. The van der Waals surface area contributed by atoms with Gasteiger partial charge in [0.25, 0.3) is 0 Å². The number of hydrogen-bond donors (Lipinski definition) is 1. The molecule has 2 N–H and O–H groups in total. The van der Waals surface area contributed by atoms with Crippen molar-refractivity contribution in [1.29, 1.82) is 0 Å². The van der Waals surface area contributed by atoms with Crippen LogP contribution in [0.3, 0.4) is 0 Å². The Hall–Kier alpha value is -2.04. The van der Waals surface area contributed by atoms with E-state index in [1.807, 2.05) is 0 Å². The molecule has 0 spiro atoms. The maximum atomic E-state index is 6.15. The van der Waals surface area contributed by atoms with Crippen LogP contribution in [0.25, 0.3) is 0 Å². The van der Waals surface area contributed by atoms with Gasteiger partial charge in [-0.15, -0.1) is 0 Å². The number of allylic oxidation sites excluding steroid dienone is 2. The van der Waals surface area contributed by atoms with Gasteiger partial charge in [-0.2, -0.15) is 0 Å². The molecule has 0 radical (unpaired) electrons. The number of anilines is 3. The van der Waals surface area contributed by atoms with E-state index in [2.05, 4.69) is 67.2 Å². The molecule has 31 heavy (non-hydrogen) atoms. The SMILES string of the molecule is C=C1CC[C@H]2C(C)(C)CCC[C@@]2(C)[C@H]1CC/C(C)=C/CN1CN(C)c2ncnc(N)c21. The zero-order chi connectivity index (χ0) is 22.4. The first kappa shape index (κ1) is 22.2. The topological polar surface area (TPSA) is 58.3 Å². The molecule has 3 atom stereocenters. The predicted molar refractivity (Wildman–Crippen MR) is 131 cm³/mol. The van der Waals surface area contributed by atoms with Crippen molar-refractivity contribution >= 4 is 17.3 Å². The molecule has 5 nitrogen and oxygen atoms in total. The summed E-state index contributed by atoms with van der Waals surface area (Å²) in [6, 6.07) is 0. The van der Waals surface area contributed by atoms with Crippen molar-refractivity contribution in [2.24, 2.45) is 22.7 Å². The number of hydrogen-bond acceptors (Lipinski definition) is 5. The Morgan fingerprint density at radius 3 is 2.84 bits per heavy atom. The van der Waals surface area contributed by atoms with E-state index in [0.717, 1.165) is 37.1 Å². The second-order valence-electron chi connectivity index (χ2n) is 11.2. The van der Waals surface area contributed by atoms with Gasteiger partial charge in [-0.1, -0.05) is 51.0 Å². The molecule has 4 rings (SSSR count). The van der Waals surface area contributed by atoms with E-state index >= 15 is 0 Å². The first-order valence-corrected chi connectivity index (χ1v) is 12.0. The molecular weight excluding hydrogens is 382 g/mol. The fourth-order valence-electron chi connectivity index (χ4n) is 7.06. The summed E-state index contributed by atoms with van der Waals surface area (Å²) in [6.45, 7) is 16.1. The van der Waals surface area contributed by atoms with Gasteiger partial charge >= 0.3 is 0 Å². The number of fused-ring (bicyclic) bond motifs is 2. The van der Waals surface area contributed by atoms with Crippen LogP contribution in [-0.2, 0) is 0 Å². The van der Waals surface area contributed by atoms with Gasteiger partial charge in [-0.25, -0.2) is 9.97 Å². The van der Waals surface area contributed by atoms with Crippen molar-refractivity contribution < 1.29 is 0 Å². The summed E-state index contributed by atoms with van der Waals surface area (Å²) in [4.78, 5) is 13.0. The van der Waals surface area contributed by atoms with Crippen LogP contribution in [0.2, 0.25) is 0 Å². The minimum Gasteiger partial charge on any atom is -0.382 e. The van der Waals surface area contributed by atoms with E-state index in [-0.39, 0.29) is 0 Å². The normalized spacial score (nSPS) is 30.4. The molecule has 2 fully saturated rings. The predicted octanol–water partition coefficient (Wildman–Crippen LogP) is 5.80. The van der Waals surface area contributed by atoms with Gasteiger partial charge in [-0.3, -0.25) is 0 Å². The summed E-state index contributed by atoms with van der Waals surface area (Å²) in [6.07, 6.45) is 12.9. The van der Waals surface area contributed by atoms with Crippen LogP contribution in [0.5, 0.6) is 0 Å². The molecule has 0 amide bonds. The number of nitrogens with zero attached hydrogens (tertiary/aromatic N) is 4. The molecule has 2 aliphatic carbocycles. The summed E-state index contributed by atoms with van der Waals surface area (Å²) in [7, 11) is 2.05. The molecule has 1 aromatic heterocycles. The highest BCUT2D eigenvalue weighted by molar-refractivity contribution is 5.81. The lowest BCUT2D eigenvalue weighted by Crippen LogP contribution is -2.49. The van der Waals surface area contributed by atoms with Crippen LogP contribution in [-0.4, -0.2) is 30.2 Å². The van der Waals surface area contributed by atoms with Gasteiger partial charge in [0.05, 0.1) is 6.67 Å². The fourth-order valence-corrected chi connectivity index (χ4v) is 7.06. The second kappa shape index (κ2) is 8.14. The van der Waals surface area contributed by atoms with Crippen molar-refractivity contribution in [3.05, 3.63) is 30.1 Å². The highest BCUT2D eigenvalue weighted by Crippen LogP contribution is 2.61. The van der Waals surface area contributed by atoms with Gasteiger partial charge in [0.2, 0.25) is 0 Å². The second-order valence-corrected chi connectivity index (χ2v) is 11.2. The summed E-state index contributed by atoms with van der Waals surface area (Å²) < 4.78 is 0. The third kappa shape index (κ3) is 3.96. The van der Waals surface area contributed by atoms with Crippen molar-refractivity contribution in [3.8, 4) is 0 Å². The van der Waals surface area contributed by atoms with E-state index in [0.29, 0.717) is 22.6 Å². The third-order valence-corrected chi connectivity index (χ3v) is 8.70. The Bertz CT molecular complexity index is 873. The molecule has 1 aromatic rings. The zero-order valence-corrected chi connectivity index (χ0v) is 20.2. The number of aromatic nitrogens is 2. The third-order valence-electron chi connectivity index (χ3n) is 8.70. The summed E-state index contributed by atoms with van der Waals surface area (Å²) in [5.74, 6) is 2.97. The number of nitrogen functional groups attached to an aromatic ring is 1. The van der Waals surface area contributed by atoms with Gasteiger partial charge in [0, 0.05) is 13.6 Å². The maximum absolute atomic E-state index is 6.15. The van der Waals surface area contributed by atoms with Gasteiger partial charge in [0.15, 0.2) is 11.6 Å². The molecule has 1 aliphatic heterocycles. The van der Waals surface area contributed by atoms with Crippen molar-refractivity contribution in [2.45, 2.75) is 72.6 Å². The highest BCUT2D eigenvalue weighted by Gasteiger charge is 2.52. The monoisotopic (exact) mass is 423 g/mol. The van der Waals surface area contributed by atoms with Crippen molar-refractivity contribution in [1.82, 2.24) is 9.97 Å². The van der Waals surface area contributed by atoms with Gasteiger partial charge in [0.1, 0.15) is 12.0 Å². The van der Waals surface area contributed by atoms with Crippen molar-refractivity contribution in [3.63, 3.8) is 0 Å². The summed E-state index contributed by atoms with van der Waals surface area (Å²) in [5.41, 5.74) is 11.0. The summed E-state index contributed by atoms with van der Waals surface area (Å²) >= 11 is 0. The minimum atomic E-state index is 0.416. The Kier molecular flexibility index (Phi) is 5.82. The Labute approximate surface area is 188 Å². The smallest absolute Gasteiger partial charge is 0.159 e. The molecule has 0 unspecified atom stereocenters. The average Bonchev–Trinajstić information content (AvgIpc) is 3.02. The van der Waals surface area contributed by atoms with E-state index < -0.39 is 0 Å². The van der Waals surface area contributed by atoms with Crippen molar-refractivity contribution in [2.75, 3.05) is 35.8 Å². The van der Waals surface area contributed by atoms with E-state index in [1.165, 1.54) is 49.7 Å². The molecule has 2 heterocycles. The first-order chi connectivity index (χ1) is 14.6. The molecule has 0 saturated heterocycles. The molecule has 3 aliphatic rings. The van der Waals surface area contributed by atoms with E-state index in [4.69, 9.17) is 5.73 Å². The lowest BCUT2D eigenvalue weighted by Gasteiger charge is -2.58. The minimum absolute atomic E-state index is 0.416. The lowest BCUT2D eigenvalue weighted by atomic mass is 9.47. The number of rotatable bonds is 5. The van der Waals surface area contributed by atoms with Crippen LogP contribution in [0.1, 0.15) is 72.6 Å². The molecule has 0 bridgehead atoms. The molecule has 170 valence electrons. The standard InChI is InChI=1S/C26H41N5/c1-18(12-15-31-17-30(6)24-22(31)23(27)28-16-29-24)8-10-20-19(2)9-11-21-25(3,4)13-7-14-26(20,21)5/h12,16,20-21H,2,7-11,13-15,17H2,1,3-6H3,(H2,27,28,29)/b18-12+/t20-,21-,26-/m0/s1. The maximum Gasteiger partial charge on any atom is 0.159 e. The Balaban J connectivity index is 1.42. The molecule has 0 aromatic carbocycles. The van der Waals surface area contributed by atoms with Crippen LogP contribution < -0.4 is 15.5 Å². The molecule has 2 saturated carbocycles. The van der Waals surface area contributed by atoms with E-state index in [9.17, 15) is 0 Å². The van der Waals surface area contributed by atoms with E-state index in [1.54, 1.807) is 6.33 Å². The lowest BCUT2D eigenvalue weighted by molar-refractivity contribution is -0.0539. The molecular formula is C26H41N5. The van der Waals surface area contributed by atoms with Gasteiger partial charge < -0.3 is 15.5 Å².